The van der Waals surface area contributed by atoms with E-state index < -0.39 is 0 Å². The largest absolute Gasteiger partial charge is 0.379 e. The lowest BCUT2D eigenvalue weighted by Gasteiger charge is -2.50. The van der Waals surface area contributed by atoms with Gasteiger partial charge in [0.25, 0.3) is 0 Å². The van der Waals surface area contributed by atoms with Gasteiger partial charge < -0.3 is 10.5 Å². The van der Waals surface area contributed by atoms with E-state index in [0.717, 1.165) is 44.6 Å². The van der Waals surface area contributed by atoms with E-state index in [4.69, 9.17) is 10.5 Å². The Labute approximate surface area is 125 Å². The molecular weight excluding hydrogens is 248 g/mol. The Morgan fingerprint density at radius 3 is 2.40 bits per heavy atom. The molecule has 1 saturated heterocycles. The highest BCUT2D eigenvalue weighted by molar-refractivity contribution is 4.99. The average molecular weight is 282 g/mol. The van der Waals surface area contributed by atoms with Gasteiger partial charge in [0.15, 0.2) is 0 Å². The van der Waals surface area contributed by atoms with Crippen LogP contribution < -0.4 is 5.73 Å². The maximum atomic E-state index is 6.79. The summed E-state index contributed by atoms with van der Waals surface area (Å²) in [5, 5.41) is 0. The summed E-state index contributed by atoms with van der Waals surface area (Å²) in [6.45, 7) is 13.3. The first-order chi connectivity index (χ1) is 9.49. The maximum Gasteiger partial charge on any atom is 0.0594 e. The highest BCUT2D eigenvalue weighted by Gasteiger charge is 2.42. The maximum absolute atomic E-state index is 6.79. The van der Waals surface area contributed by atoms with Gasteiger partial charge in [-0.3, -0.25) is 4.90 Å². The molecule has 0 spiro atoms. The zero-order chi connectivity index (χ0) is 14.8. The van der Waals surface area contributed by atoms with Crippen LogP contribution in [0.3, 0.4) is 0 Å². The molecule has 5 atom stereocenters. The lowest BCUT2D eigenvalue weighted by Crippen LogP contribution is -2.63. The van der Waals surface area contributed by atoms with E-state index in [1.54, 1.807) is 0 Å². The van der Waals surface area contributed by atoms with Crippen molar-refractivity contribution in [3.8, 4) is 0 Å². The third-order valence-corrected chi connectivity index (χ3v) is 6.31. The molecule has 0 amide bonds. The van der Waals surface area contributed by atoms with Gasteiger partial charge in [0.05, 0.1) is 13.2 Å². The van der Waals surface area contributed by atoms with Crippen LogP contribution in [0.2, 0.25) is 0 Å². The van der Waals surface area contributed by atoms with Crippen LogP contribution in [-0.4, -0.2) is 42.8 Å². The third-order valence-electron chi connectivity index (χ3n) is 6.31. The topological polar surface area (TPSA) is 38.5 Å². The summed E-state index contributed by atoms with van der Waals surface area (Å²) in [7, 11) is 0. The van der Waals surface area contributed by atoms with Crippen LogP contribution in [0.5, 0.6) is 0 Å². The van der Waals surface area contributed by atoms with Crippen molar-refractivity contribution in [2.75, 3.05) is 26.3 Å². The molecule has 1 aliphatic carbocycles. The second kappa shape index (κ2) is 6.76. The van der Waals surface area contributed by atoms with Gasteiger partial charge in [-0.1, -0.05) is 27.2 Å². The fourth-order valence-electron chi connectivity index (χ4n) is 4.17. The van der Waals surface area contributed by atoms with Gasteiger partial charge in [-0.25, -0.2) is 0 Å². The van der Waals surface area contributed by atoms with E-state index in [1.165, 1.54) is 19.3 Å². The van der Waals surface area contributed by atoms with Crippen LogP contribution in [0.4, 0.5) is 0 Å². The average Bonchev–Trinajstić information content (AvgIpc) is 2.49. The van der Waals surface area contributed by atoms with E-state index in [9.17, 15) is 0 Å². The molecule has 0 bridgehead atoms. The number of hydrogen-bond donors (Lipinski definition) is 1. The second-order valence-electron chi connectivity index (χ2n) is 7.36. The molecule has 0 radical (unpaired) electrons. The highest BCUT2D eigenvalue weighted by Crippen LogP contribution is 2.39. The normalized spacial score (nSPS) is 37.4. The van der Waals surface area contributed by atoms with Crippen molar-refractivity contribution in [3.05, 3.63) is 0 Å². The van der Waals surface area contributed by atoms with Crippen LogP contribution in [0.25, 0.3) is 0 Å². The zero-order valence-corrected chi connectivity index (χ0v) is 13.9. The minimum Gasteiger partial charge on any atom is -0.379 e. The van der Waals surface area contributed by atoms with Crippen molar-refractivity contribution in [1.29, 1.82) is 0 Å². The Bertz CT molecular complexity index is 303. The Morgan fingerprint density at radius 1 is 1.20 bits per heavy atom. The van der Waals surface area contributed by atoms with Crippen molar-refractivity contribution < 1.29 is 4.74 Å². The molecule has 3 nitrogen and oxygen atoms in total. The van der Waals surface area contributed by atoms with E-state index in [2.05, 4.69) is 32.6 Å². The minimum atomic E-state index is 0.134. The molecule has 1 aliphatic heterocycles. The molecule has 5 unspecified atom stereocenters. The van der Waals surface area contributed by atoms with Crippen molar-refractivity contribution in [1.82, 2.24) is 4.90 Å². The predicted molar refractivity (Wildman–Crippen MR) is 84.7 cm³/mol. The minimum absolute atomic E-state index is 0.134. The Kier molecular flexibility index (Phi) is 5.49. The SMILES string of the molecule is CCC(C)(C(N)C1CCC(C)C(C)C1)N1CCOCC1. The molecule has 118 valence electrons. The quantitative estimate of drug-likeness (QED) is 0.861. The summed E-state index contributed by atoms with van der Waals surface area (Å²) in [6.07, 6.45) is 5.10. The first-order valence-corrected chi connectivity index (χ1v) is 8.57. The molecule has 3 heteroatoms. The van der Waals surface area contributed by atoms with Crippen molar-refractivity contribution in [2.45, 2.75) is 65.0 Å². The zero-order valence-electron chi connectivity index (χ0n) is 13.9. The molecule has 20 heavy (non-hydrogen) atoms. The second-order valence-corrected chi connectivity index (χ2v) is 7.36. The van der Waals surface area contributed by atoms with Crippen LogP contribution in [-0.2, 0) is 4.74 Å². The first-order valence-electron chi connectivity index (χ1n) is 8.57. The fraction of sp³-hybridized carbons (Fsp3) is 1.00. The van der Waals surface area contributed by atoms with Crippen LogP contribution >= 0.6 is 0 Å². The van der Waals surface area contributed by atoms with Crippen LogP contribution in [0.15, 0.2) is 0 Å². The van der Waals surface area contributed by atoms with E-state index >= 15 is 0 Å². The summed E-state index contributed by atoms with van der Waals surface area (Å²) < 4.78 is 5.51. The number of morpholine rings is 1. The molecule has 0 aromatic carbocycles. The molecule has 0 aromatic heterocycles. The van der Waals surface area contributed by atoms with E-state index in [1.807, 2.05) is 0 Å². The van der Waals surface area contributed by atoms with Gasteiger partial charge in [0, 0.05) is 24.7 Å². The summed E-state index contributed by atoms with van der Waals surface area (Å²) >= 11 is 0. The van der Waals surface area contributed by atoms with Gasteiger partial charge in [0.1, 0.15) is 0 Å². The number of rotatable bonds is 4. The van der Waals surface area contributed by atoms with Gasteiger partial charge in [-0.15, -0.1) is 0 Å². The van der Waals surface area contributed by atoms with Gasteiger partial charge in [-0.05, 0) is 43.9 Å². The van der Waals surface area contributed by atoms with Crippen molar-refractivity contribution in [3.63, 3.8) is 0 Å². The Balaban J connectivity index is 2.05. The number of ether oxygens (including phenoxy) is 1. The Hall–Kier alpha value is -0.120. The van der Waals surface area contributed by atoms with Gasteiger partial charge >= 0.3 is 0 Å². The highest BCUT2D eigenvalue weighted by atomic mass is 16.5. The summed E-state index contributed by atoms with van der Waals surface area (Å²) in [5.74, 6) is 2.38. The summed E-state index contributed by atoms with van der Waals surface area (Å²) in [6, 6.07) is 0.292. The molecule has 2 N–H and O–H groups in total. The monoisotopic (exact) mass is 282 g/mol. The molecule has 1 saturated carbocycles. The molecular formula is C17H34N2O. The van der Waals surface area contributed by atoms with Crippen molar-refractivity contribution >= 4 is 0 Å². The van der Waals surface area contributed by atoms with Crippen molar-refractivity contribution in [2.24, 2.45) is 23.5 Å². The number of nitrogens with zero attached hydrogens (tertiary/aromatic N) is 1. The molecule has 1 heterocycles. The lowest BCUT2D eigenvalue weighted by molar-refractivity contribution is -0.0398. The third kappa shape index (κ3) is 3.20. The van der Waals surface area contributed by atoms with Gasteiger partial charge in [-0.2, -0.15) is 0 Å². The molecule has 2 aliphatic rings. The molecule has 2 fully saturated rings. The van der Waals surface area contributed by atoms with Crippen LogP contribution in [0, 0.1) is 17.8 Å². The Morgan fingerprint density at radius 2 is 1.85 bits per heavy atom. The first kappa shape index (κ1) is 16.3. The smallest absolute Gasteiger partial charge is 0.0594 e. The fourth-order valence-corrected chi connectivity index (χ4v) is 4.17. The van der Waals surface area contributed by atoms with E-state index in [0.29, 0.717) is 12.0 Å². The van der Waals surface area contributed by atoms with Crippen LogP contribution in [0.1, 0.15) is 53.4 Å². The summed E-state index contributed by atoms with van der Waals surface area (Å²) in [5.41, 5.74) is 6.93. The number of nitrogens with two attached hydrogens (primary N) is 1. The lowest BCUT2D eigenvalue weighted by atomic mass is 9.68. The molecule has 2 rings (SSSR count). The summed E-state index contributed by atoms with van der Waals surface area (Å²) in [4.78, 5) is 2.59. The van der Waals surface area contributed by atoms with E-state index in [-0.39, 0.29) is 5.54 Å². The standard InChI is InChI=1S/C17H34N2O/c1-5-17(4,19-8-10-20-11-9-19)16(18)15-7-6-13(2)14(3)12-15/h13-16H,5-12,18H2,1-4H3. The van der Waals surface area contributed by atoms with Gasteiger partial charge in [0.2, 0.25) is 0 Å². The molecule has 0 aromatic rings. The predicted octanol–water partition coefficient (Wildman–Crippen LogP) is 2.89. The number of hydrogen-bond acceptors (Lipinski definition) is 3.